The lowest BCUT2D eigenvalue weighted by Gasteiger charge is -2.33. The van der Waals surface area contributed by atoms with Crippen molar-refractivity contribution in [2.45, 2.75) is 13.3 Å². The van der Waals surface area contributed by atoms with Crippen LogP contribution in [0.1, 0.15) is 22.8 Å². The molecule has 0 saturated carbocycles. The fourth-order valence-electron chi connectivity index (χ4n) is 2.82. The molecule has 0 bridgehead atoms. The number of hydrogen-bond donors (Lipinski definition) is 0. The van der Waals surface area contributed by atoms with Gasteiger partial charge < -0.3 is 4.90 Å². The Hall–Kier alpha value is -1.32. The summed E-state index contributed by atoms with van der Waals surface area (Å²) in [6.07, 6.45) is 1.01. The van der Waals surface area contributed by atoms with Crippen LogP contribution in [-0.4, -0.2) is 12.5 Å². The first-order valence-corrected chi connectivity index (χ1v) is 8.07. The molecule has 0 N–H and O–H groups in total. The molecule has 0 fully saturated rings. The molecule has 1 aliphatic heterocycles. The molecule has 0 aromatic heterocycles. The maximum Gasteiger partial charge on any atom is 0.258 e. The van der Waals surface area contributed by atoms with Gasteiger partial charge in [0.25, 0.3) is 5.91 Å². The molecule has 1 heterocycles. The van der Waals surface area contributed by atoms with Gasteiger partial charge in [-0.15, -0.1) is 0 Å². The molecule has 21 heavy (non-hydrogen) atoms. The lowest BCUT2D eigenvalue weighted by atomic mass is 9.93. The fraction of sp³-hybridized carbons (Fsp3) is 0.235. The van der Waals surface area contributed by atoms with Gasteiger partial charge in [0.1, 0.15) is 0 Å². The minimum absolute atomic E-state index is 0.00259. The van der Waals surface area contributed by atoms with Gasteiger partial charge in [-0.1, -0.05) is 52.7 Å². The van der Waals surface area contributed by atoms with Crippen molar-refractivity contribution >= 4 is 39.1 Å². The van der Waals surface area contributed by atoms with E-state index >= 15 is 0 Å². The number of carbonyl (C=O) groups excluding carboxylic acids is 1. The smallest absolute Gasteiger partial charge is 0.258 e. The summed E-state index contributed by atoms with van der Waals surface area (Å²) in [4.78, 5) is 14.7. The van der Waals surface area contributed by atoms with Crippen molar-refractivity contribution in [1.29, 1.82) is 0 Å². The SMILES string of the molecule is CC1Cc2ccccc2N(C(=O)c2cc(Cl)cc(Br)c2)C1. The molecule has 2 aromatic rings. The van der Waals surface area contributed by atoms with Crippen LogP contribution in [0.15, 0.2) is 46.9 Å². The maximum absolute atomic E-state index is 12.9. The molecular weight excluding hydrogens is 350 g/mol. The Morgan fingerprint density at radius 3 is 2.81 bits per heavy atom. The lowest BCUT2D eigenvalue weighted by molar-refractivity contribution is 0.0981. The number of nitrogens with zero attached hydrogens (tertiary/aromatic N) is 1. The predicted molar refractivity (Wildman–Crippen MR) is 90.1 cm³/mol. The van der Waals surface area contributed by atoms with Gasteiger partial charge in [-0.3, -0.25) is 4.79 Å². The van der Waals surface area contributed by atoms with Crippen LogP contribution in [0.2, 0.25) is 5.02 Å². The van der Waals surface area contributed by atoms with Crippen molar-refractivity contribution in [3.63, 3.8) is 0 Å². The number of carbonyl (C=O) groups is 1. The Morgan fingerprint density at radius 2 is 2.05 bits per heavy atom. The van der Waals surface area contributed by atoms with Crippen LogP contribution in [0, 0.1) is 5.92 Å². The van der Waals surface area contributed by atoms with E-state index in [2.05, 4.69) is 28.9 Å². The molecule has 1 amide bonds. The summed E-state index contributed by atoms with van der Waals surface area (Å²) >= 11 is 9.45. The summed E-state index contributed by atoms with van der Waals surface area (Å²) in [5, 5.41) is 0.561. The van der Waals surface area contributed by atoms with E-state index in [-0.39, 0.29) is 5.91 Å². The van der Waals surface area contributed by atoms with E-state index in [4.69, 9.17) is 11.6 Å². The first kappa shape index (κ1) is 14.6. The minimum atomic E-state index is -0.00259. The molecule has 2 aromatic carbocycles. The van der Waals surface area contributed by atoms with Crippen molar-refractivity contribution in [2.75, 3.05) is 11.4 Å². The highest BCUT2D eigenvalue weighted by Gasteiger charge is 2.27. The van der Waals surface area contributed by atoms with Crippen molar-refractivity contribution in [3.8, 4) is 0 Å². The summed E-state index contributed by atoms with van der Waals surface area (Å²) in [5.41, 5.74) is 2.85. The van der Waals surface area contributed by atoms with Gasteiger partial charge in [0, 0.05) is 27.3 Å². The molecule has 2 nitrogen and oxygen atoms in total. The third-order valence-electron chi connectivity index (χ3n) is 3.70. The highest BCUT2D eigenvalue weighted by molar-refractivity contribution is 9.10. The van der Waals surface area contributed by atoms with Crippen LogP contribution in [-0.2, 0) is 6.42 Å². The second-order valence-electron chi connectivity index (χ2n) is 5.51. The fourth-order valence-corrected chi connectivity index (χ4v) is 3.68. The van der Waals surface area contributed by atoms with E-state index in [0.29, 0.717) is 16.5 Å². The van der Waals surface area contributed by atoms with Crippen LogP contribution in [0.3, 0.4) is 0 Å². The van der Waals surface area contributed by atoms with Crippen molar-refractivity contribution in [2.24, 2.45) is 5.92 Å². The molecule has 0 radical (unpaired) electrons. The van der Waals surface area contributed by atoms with Crippen LogP contribution >= 0.6 is 27.5 Å². The van der Waals surface area contributed by atoms with Crippen LogP contribution in [0.25, 0.3) is 0 Å². The molecule has 0 saturated heterocycles. The van der Waals surface area contributed by atoms with E-state index in [9.17, 15) is 4.79 Å². The van der Waals surface area contributed by atoms with Crippen LogP contribution in [0.5, 0.6) is 0 Å². The zero-order valence-electron chi connectivity index (χ0n) is 11.6. The minimum Gasteiger partial charge on any atom is -0.308 e. The molecule has 1 unspecified atom stereocenters. The first-order valence-electron chi connectivity index (χ1n) is 6.90. The van der Waals surface area contributed by atoms with E-state index < -0.39 is 0 Å². The van der Waals surface area contributed by atoms with Crippen molar-refractivity contribution in [1.82, 2.24) is 0 Å². The highest BCUT2D eigenvalue weighted by Crippen LogP contribution is 2.31. The normalized spacial score (nSPS) is 17.5. The van der Waals surface area contributed by atoms with Crippen molar-refractivity contribution < 1.29 is 4.79 Å². The molecule has 1 atom stereocenters. The molecule has 108 valence electrons. The molecular formula is C17H15BrClNO. The first-order chi connectivity index (χ1) is 10.0. The van der Waals surface area contributed by atoms with E-state index in [1.54, 1.807) is 12.1 Å². The summed E-state index contributed by atoms with van der Waals surface area (Å²) in [7, 11) is 0. The van der Waals surface area contributed by atoms with Gasteiger partial charge in [-0.05, 0) is 42.2 Å². The number of fused-ring (bicyclic) bond motifs is 1. The highest BCUT2D eigenvalue weighted by atomic mass is 79.9. The Labute approximate surface area is 137 Å². The number of rotatable bonds is 1. The second-order valence-corrected chi connectivity index (χ2v) is 6.86. The largest absolute Gasteiger partial charge is 0.308 e. The van der Waals surface area contributed by atoms with Gasteiger partial charge >= 0.3 is 0 Å². The number of anilines is 1. The van der Waals surface area contributed by atoms with Gasteiger partial charge in [0.05, 0.1) is 0 Å². The average Bonchev–Trinajstić information content (AvgIpc) is 2.44. The molecule has 3 rings (SSSR count). The van der Waals surface area contributed by atoms with Gasteiger partial charge in [0.15, 0.2) is 0 Å². The van der Waals surface area contributed by atoms with Crippen LogP contribution < -0.4 is 4.90 Å². The van der Waals surface area contributed by atoms with E-state index in [1.165, 1.54) is 5.56 Å². The zero-order valence-corrected chi connectivity index (χ0v) is 14.0. The topological polar surface area (TPSA) is 20.3 Å². The number of benzene rings is 2. The second kappa shape index (κ2) is 5.82. The quantitative estimate of drug-likeness (QED) is 0.701. The third-order valence-corrected chi connectivity index (χ3v) is 4.38. The summed E-state index contributed by atoms with van der Waals surface area (Å²) in [6.45, 7) is 2.91. The number of halogens is 2. The Balaban J connectivity index is 2.02. The zero-order chi connectivity index (χ0) is 15.0. The van der Waals surface area contributed by atoms with E-state index in [1.807, 2.05) is 29.2 Å². The monoisotopic (exact) mass is 363 g/mol. The lowest BCUT2D eigenvalue weighted by Crippen LogP contribution is -2.39. The average molecular weight is 365 g/mol. The number of hydrogen-bond acceptors (Lipinski definition) is 1. The number of amides is 1. The summed E-state index contributed by atoms with van der Waals surface area (Å²) in [6, 6.07) is 13.4. The van der Waals surface area contributed by atoms with Gasteiger partial charge in [-0.2, -0.15) is 0 Å². The van der Waals surface area contributed by atoms with Crippen LogP contribution in [0.4, 0.5) is 5.69 Å². The van der Waals surface area contributed by atoms with Crippen molar-refractivity contribution in [3.05, 3.63) is 63.1 Å². The Kier molecular flexibility index (Phi) is 4.05. The molecule has 0 spiro atoms. The molecule has 1 aliphatic rings. The third kappa shape index (κ3) is 2.99. The Morgan fingerprint density at radius 1 is 1.29 bits per heavy atom. The Bertz CT molecular complexity index is 681. The summed E-state index contributed by atoms with van der Waals surface area (Å²) < 4.78 is 0.816. The van der Waals surface area contributed by atoms with Gasteiger partial charge in [-0.25, -0.2) is 0 Å². The van der Waals surface area contributed by atoms with Gasteiger partial charge in [0.2, 0.25) is 0 Å². The standard InChI is InChI=1S/C17H15BrClNO/c1-11-6-12-4-2-3-5-16(12)20(10-11)17(21)13-7-14(18)9-15(19)8-13/h2-5,7-9,11H,6,10H2,1H3. The summed E-state index contributed by atoms with van der Waals surface area (Å²) in [5.74, 6) is 0.448. The number of para-hydroxylation sites is 1. The van der Waals surface area contributed by atoms with E-state index in [0.717, 1.165) is 23.1 Å². The molecule has 0 aliphatic carbocycles. The molecule has 4 heteroatoms. The predicted octanol–water partition coefficient (Wildman–Crippen LogP) is 4.94. The maximum atomic E-state index is 12.9.